The minimum Gasteiger partial charge on any atom is -0.326 e. The molecule has 0 spiro atoms. The van der Waals surface area contributed by atoms with Gasteiger partial charge < -0.3 is 10.3 Å². The molecule has 0 radical (unpaired) electrons. The molecule has 8 heteroatoms. The summed E-state index contributed by atoms with van der Waals surface area (Å²) in [6.07, 6.45) is 3.07. The molecule has 1 amide bonds. The summed E-state index contributed by atoms with van der Waals surface area (Å²) >= 11 is 1.66. The zero-order chi connectivity index (χ0) is 24.1. The van der Waals surface area contributed by atoms with Crippen molar-refractivity contribution in [2.75, 3.05) is 5.32 Å². The molecule has 0 bridgehead atoms. The maximum Gasteiger partial charge on any atom is 0.255 e. The summed E-state index contributed by atoms with van der Waals surface area (Å²) in [5.74, 6) is 0.823. The van der Waals surface area contributed by atoms with Crippen molar-refractivity contribution in [3.05, 3.63) is 94.2 Å². The molecular formula is C26H25N5O2S. The summed E-state index contributed by atoms with van der Waals surface area (Å²) in [5.41, 5.74) is 2.39. The number of nitrogens with one attached hydrogen (secondary N) is 2. The summed E-state index contributed by atoms with van der Waals surface area (Å²) < 4.78 is 0. The lowest BCUT2D eigenvalue weighted by atomic mass is 10.0. The Balaban J connectivity index is 1.39. The monoisotopic (exact) mass is 471 g/mol. The van der Waals surface area contributed by atoms with Gasteiger partial charge in [-0.2, -0.15) is 0 Å². The van der Waals surface area contributed by atoms with Crippen LogP contribution in [0.25, 0.3) is 11.6 Å². The quantitative estimate of drug-likeness (QED) is 0.394. The second-order valence-corrected chi connectivity index (χ2v) is 9.27. The van der Waals surface area contributed by atoms with Crippen LogP contribution in [0.1, 0.15) is 36.6 Å². The highest BCUT2D eigenvalue weighted by Crippen LogP contribution is 2.29. The lowest BCUT2D eigenvalue weighted by molar-refractivity contribution is -0.115. The number of carbonyl (C=O) groups is 1. The number of aromatic nitrogens is 4. The second-order valence-electron chi connectivity index (χ2n) is 8.13. The molecule has 0 unspecified atom stereocenters. The van der Waals surface area contributed by atoms with E-state index >= 15 is 0 Å². The van der Waals surface area contributed by atoms with Gasteiger partial charge in [0.1, 0.15) is 0 Å². The summed E-state index contributed by atoms with van der Waals surface area (Å²) in [4.78, 5) is 42.6. The van der Waals surface area contributed by atoms with Gasteiger partial charge in [-0.1, -0.05) is 37.7 Å². The Morgan fingerprint density at radius 2 is 1.62 bits per heavy atom. The van der Waals surface area contributed by atoms with E-state index in [1.165, 1.54) is 5.56 Å². The topological polar surface area (TPSA) is 101 Å². The SMILES string of the molecule is Cc1nc(-c2ncccn2)[nH]c(=O)c1CC(=O)Nc1ccc(Sc2ccc(C(C)C)cc2)cc1. The molecule has 0 aliphatic rings. The third-order valence-electron chi connectivity index (χ3n) is 5.26. The predicted octanol–water partition coefficient (Wildman–Crippen LogP) is 4.99. The number of hydrogen-bond acceptors (Lipinski definition) is 6. The van der Waals surface area contributed by atoms with Crippen molar-refractivity contribution in [2.45, 2.75) is 42.9 Å². The van der Waals surface area contributed by atoms with Crippen LogP contribution in [0.5, 0.6) is 0 Å². The Hall–Kier alpha value is -3.78. The van der Waals surface area contributed by atoms with Gasteiger partial charge in [-0.25, -0.2) is 15.0 Å². The Morgan fingerprint density at radius 3 is 2.21 bits per heavy atom. The van der Waals surface area contributed by atoms with Gasteiger partial charge in [-0.05, 0) is 60.9 Å². The standard InChI is InChI=1S/C26H25N5O2S/c1-16(2)18-5-9-20(10-6-18)34-21-11-7-19(8-12-21)30-23(32)15-22-17(3)29-25(31-26(22)33)24-27-13-4-14-28-24/h4-14,16H,15H2,1-3H3,(H,30,32)(H,29,31,33). The lowest BCUT2D eigenvalue weighted by Gasteiger charge is -2.09. The van der Waals surface area contributed by atoms with E-state index in [1.807, 2.05) is 24.3 Å². The van der Waals surface area contributed by atoms with Crippen molar-refractivity contribution in [1.82, 2.24) is 19.9 Å². The van der Waals surface area contributed by atoms with E-state index in [2.05, 4.69) is 63.4 Å². The first-order valence-electron chi connectivity index (χ1n) is 10.9. The van der Waals surface area contributed by atoms with Crippen LogP contribution in [-0.4, -0.2) is 25.8 Å². The fourth-order valence-electron chi connectivity index (χ4n) is 3.37. The third-order valence-corrected chi connectivity index (χ3v) is 6.27. The number of carbonyl (C=O) groups excluding carboxylic acids is 1. The molecule has 7 nitrogen and oxygen atoms in total. The Bertz CT molecular complexity index is 1330. The Morgan fingerprint density at radius 1 is 1.00 bits per heavy atom. The van der Waals surface area contributed by atoms with Crippen LogP contribution in [0, 0.1) is 6.92 Å². The molecule has 2 heterocycles. The van der Waals surface area contributed by atoms with Crippen molar-refractivity contribution in [2.24, 2.45) is 0 Å². The number of amides is 1. The molecule has 0 aliphatic heterocycles. The summed E-state index contributed by atoms with van der Waals surface area (Å²) in [6, 6.07) is 17.9. The van der Waals surface area contributed by atoms with Gasteiger partial charge in [0.2, 0.25) is 5.91 Å². The molecule has 34 heavy (non-hydrogen) atoms. The zero-order valence-electron chi connectivity index (χ0n) is 19.2. The van der Waals surface area contributed by atoms with Crippen molar-refractivity contribution in [3.8, 4) is 11.6 Å². The summed E-state index contributed by atoms with van der Waals surface area (Å²) in [7, 11) is 0. The highest BCUT2D eigenvalue weighted by molar-refractivity contribution is 7.99. The molecular weight excluding hydrogens is 446 g/mol. The Labute approximate surface area is 202 Å². The molecule has 2 aromatic heterocycles. The van der Waals surface area contributed by atoms with Crippen molar-refractivity contribution in [3.63, 3.8) is 0 Å². The third kappa shape index (κ3) is 5.77. The van der Waals surface area contributed by atoms with E-state index in [-0.39, 0.29) is 23.7 Å². The summed E-state index contributed by atoms with van der Waals surface area (Å²) in [5, 5.41) is 2.85. The van der Waals surface area contributed by atoms with Crippen LogP contribution < -0.4 is 10.9 Å². The number of anilines is 1. The Kier molecular flexibility index (Phi) is 7.18. The highest BCUT2D eigenvalue weighted by atomic mass is 32.2. The molecule has 0 saturated carbocycles. The smallest absolute Gasteiger partial charge is 0.255 e. The number of rotatable bonds is 7. The molecule has 0 aliphatic carbocycles. The number of aromatic amines is 1. The van der Waals surface area contributed by atoms with Gasteiger partial charge in [-0.15, -0.1) is 0 Å². The van der Waals surface area contributed by atoms with E-state index in [9.17, 15) is 9.59 Å². The molecule has 0 fully saturated rings. The number of aryl methyl sites for hydroxylation is 1. The van der Waals surface area contributed by atoms with Gasteiger partial charge in [0.05, 0.1) is 6.42 Å². The molecule has 172 valence electrons. The molecule has 4 aromatic rings. The van der Waals surface area contributed by atoms with Gasteiger partial charge in [0.25, 0.3) is 5.56 Å². The van der Waals surface area contributed by atoms with Crippen molar-refractivity contribution < 1.29 is 4.79 Å². The first-order chi connectivity index (χ1) is 16.4. The molecule has 4 rings (SSSR count). The van der Waals surface area contributed by atoms with Crippen LogP contribution >= 0.6 is 11.8 Å². The number of nitrogens with zero attached hydrogens (tertiary/aromatic N) is 3. The van der Waals surface area contributed by atoms with Gasteiger partial charge in [-0.3, -0.25) is 9.59 Å². The van der Waals surface area contributed by atoms with Crippen molar-refractivity contribution in [1.29, 1.82) is 0 Å². The maximum atomic E-state index is 12.6. The van der Waals surface area contributed by atoms with Crippen LogP contribution in [0.15, 0.2) is 81.6 Å². The minimum atomic E-state index is -0.375. The predicted molar refractivity (Wildman–Crippen MR) is 134 cm³/mol. The largest absolute Gasteiger partial charge is 0.326 e. The zero-order valence-corrected chi connectivity index (χ0v) is 20.0. The summed E-state index contributed by atoms with van der Waals surface area (Å²) in [6.45, 7) is 6.06. The van der Waals surface area contributed by atoms with Crippen LogP contribution in [-0.2, 0) is 11.2 Å². The molecule has 2 N–H and O–H groups in total. The van der Waals surface area contributed by atoms with Crippen LogP contribution in [0.3, 0.4) is 0 Å². The van der Waals surface area contributed by atoms with Crippen molar-refractivity contribution >= 4 is 23.4 Å². The number of benzene rings is 2. The van der Waals surface area contributed by atoms with Crippen LogP contribution in [0.4, 0.5) is 5.69 Å². The van der Waals surface area contributed by atoms with E-state index in [1.54, 1.807) is 37.1 Å². The normalized spacial score (nSPS) is 10.9. The molecule has 2 aromatic carbocycles. The molecule has 0 atom stereocenters. The van der Waals surface area contributed by atoms with Gasteiger partial charge in [0, 0.05) is 39.1 Å². The number of hydrogen-bond donors (Lipinski definition) is 2. The fourth-order valence-corrected chi connectivity index (χ4v) is 4.19. The number of H-pyrrole nitrogens is 1. The van der Waals surface area contributed by atoms with E-state index in [0.717, 1.165) is 9.79 Å². The van der Waals surface area contributed by atoms with E-state index in [0.29, 0.717) is 28.7 Å². The maximum absolute atomic E-state index is 12.6. The minimum absolute atomic E-state index is 0.0806. The van der Waals surface area contributed by atoms with E-state index < -0.39 is 0 Å². The molecule has 0 saturated heterocycles. The van der Waals surface area contributed by atoms with Gasteiger partial charge >= 0.3 is 0 Å². The average molecular weight is 472 g/mol. The average Bonchev–Trinajstić information content (AvgIpc) is 2.83. The van der Waals surface area contributed by atoms with E-state index in [4.69, 9.17) is 0 Å². The van der Waals surface area contributed by atoms with Crippen LogP contribution in [0.2, 0.25) is 0 Å². The highest BCUT2D eigenvalue weighted by Gasteiger charge is 2.14. The lowest BCUT2D eigenvalue weighted by Crippen LogP contribution is -2.24. The van der Waals surface area contributed by atoms with Gasteiger partial charge in [0.15, 0.2) is 11.6 Å². The fraction of sp³-hybridized carbons (Fsp3) is 0.192. The second kappa shape index (κ2) is 10.4. The first kappa shape index (κ1) is 23.4. The first-order valence-corrected chi connectivity index (χ1v) is 11.8.